The van der Waals surface area contributed by atoms with Crippen LogP contribution in [0.3, 0.4) is 0 Å². The monoisotopic (exact) mass is 443 g/mol. The van der Waals surface area contributed by atoms with Crippen molar-refractivity contribution in [1.29, 1.82) is 0 Å². The molecule has 0 aliphatic carbocycles. The highest BCUT2D eigenvalue weighted by Gasteiger charge is 2.45. The minimum atomic E-state index is -0.676. The third kappa shape index (κ3) is 3.06. The number of anilines is 1. The van der Waals surface area contributed by atoms with Gasteiger partial charge in [0.05, 0.1) is 5.39 Å². The van der Waals surface area contributed by atoms with Crippen molar-refractivity contribution < 1.29 is 4.39 Å². The molecule has 0 radical (unpaired) electrons. The summed E-state index contributed by atoms with van der Waals surface area (Å²) in [5, 5.41) is 0.280. The first-order valence-electron chi connectivity index (χ1n) is 9.81. The fourth-order valence-corrected chi connectivity index (χ4v) is 5.05. The van der Waals surface area contributed by atoms with Crippen LogP contribution in [0.5, 0.6) is 0 Å². The maximum Gasteiger partial charge on any atom is 0.225 e. The van der Waals surface area contributed by atoms with E-state index in [9.17, 15) is 4.39 Å². The van der Waals surface area contributed by atoms with Gasteiger partial charge < -0.3 is 4.90 Å². The summed E-state index contributed by atoms with van der Waals surface area (Å²) in [4.78, 5) is 17.1. The molecule has 0 saturated carbocycles. The maximum atomic E-state index is 14.5. The van der Waals surface area contributed by atoms with E-state index in [-0.39, 0.29) is 33.6 Å². The minimum Gasteiger partial charge on any atom is -0.352 e. The van der Waals surface area contributed by atoms with Crippen molar-refractivity contribution in [2.75, 3.05) is 18.0 Å². The summed E-state index contributed by atoms with van der Waals surface area (Å²) in [5.74, 6) is -0.0893. The molecule has 3 aromatic rings. The first-order chi connectivity index (χ1) is 14.4. The Morgan fingerprint density at radius 2 is 1.70 bits per heavy atom. The third-order valence-electron chi connectivity index (χ3n) is 6.10. The molecule has 2 aromatic heterocycles. The summed E-state index contributed by atoms with van der Waals surface area (Å²) in [6.45, 7) is 5.92. The molecule has 1 fully saturated rings. The Balaban J connectivity index is 1.51. The van der Waals surface area contributed by atoms with Crippen LogP contribution >= 0.6 is 23.2 Å². The first-order valence-corrected chi connectivity index (χ1v) is 10.6. The number of fused-ring (bicyclic) bond motifs is 3. The maximum absolute atomic E-state index is 14.5. The molecule has 30 heavy (non-hydrogen) atoms. The van der Waals surface area contributed by atoms with Gasteiger partial charge in [-0.05, 0) is 31.0 Å². The zero-order valence-corrected chi connectivity index (χ0v) is 18.1. The van der Waals surface area contributed by atoms with Gasteiger partial charge in [0.2, 0.25) is 5.28 Å². The Hall–Kier alpha value is -2.28. The summed E-state index contributed by atoms with van der Waals surface area (Å²) in [7, 11) is 0. The lowest BCUT2D eigenvalue weighted by atomic mass is 9.89. The average molecular weight is 444 g/mol. The number of rotatable bonds is 3. The molecule has 2 aliphatic heterocycles. The number of pyridine rings is 1. The van der Waals surface area contributed by atoms with Crippen LogP contribution in [-0.2, 0) is 5.54 Å². The summed E-state index contributed by atoms with van der Waals surface area (Å²) in [6, 6.07) is 10.9. The normalized spacial score (nSPS) is 21.6. The van der Waals surface area contributed by atoms with E-state index in [1.807, 2.05) is 6.07 Å². The predicted octanol–water partition coefficient (Wildman–Crippen LogP) is 4.84. The summed E-state index contributed by atoms with van der Waals surface area (Å²) >= 11 is 12.0. The number of aromatic nitrogens is 3. The number of piperazine rings is 1. The second kappa shape index (κ2) is 7.15. The molecular weight excluding hydrogens is 424 g/mol. The fourth-order valence-electron chi connectivity index (χ4n) is 4.74. The smallest absolute Gasteiger partial charge is 0.225 e. The zero-order chi connectivity index (χ0) is 21.0. The Morgan fingerprint density at radius 1 is 1.03 bits per heavy atom. The average Bonchev–Trinajstić information content (AvgIpc) is 3.02. The second-order valence-electron chi connectivity index (χ2n) is 8.20. The van der Waals surface area contributed by atoms with Gasteiger partial charge in [0, 0.05) is 36.9 Å². The van der Waals surface area contributed by atoms with Crippen molar-refractivity contribution in [3.05, 3.63) is 70.5 Å². The standard InChI is InChI=1S/C22H20Cl2FN5/c1-22(2,13-6-4-3-5-7-13)30-14-8-9-15(30)12-29(11-14)20-16-10-26-19(23)17(25)18(16)27-21(24)28-20/h3-10,14-15H,11-12H2,1-2H3. The Bertz CT molecular complexity index is 1140. The van der Waals surface area contributed by atoms with E-state index in [1.54, 1.807) is 0 Å². The highest BCUT2D eigenvalue weighted by molar-refractivity contribution is 6.30. The van der Waals surface area contributed by atoms with Gasteiger partial charge in [0.25, 0.3) is 0 Å². The van der Waals surface area contributed by atoms with Gasteiger partial charge in [-0.1, -0.05) is 54.1 Å². The molecule has 0 spiro atoms. The van der Waals surface area contributed by atoms with Gasteiger partial charge >= 0.3 is 0 Å². The third-order valence-corrected chi connectivity index (χ3v) is 6.54. The quantitative estimate of drug-likeness (QED) is 0.329. The van der Waals surface area contributed by atoms with Crippen molar-refractivity contribution in [2.45, 2.75) is 31.5 Å². The van der Waals surface area contributed by atoms with Gasteiger partial charge in [-0.15, -0.1) is 0 Å². The van der Waals surface area contributed by atoms with Crippen LogP contribution in [-0.4, -0.2) is 45.0 Å². The van der Waals surface area contributed by atoms with Crippen LogP contribution in [0, 0.1) is 5.82 Å². The molecule has 5 nitrogen and oxygen atoms in total. The number of hydrogen-bond acceptors (Lipinski definition) is 5. The van der Waals surface area contributed by atoms with E-state index in [4.69, 9.17) is 23.2 Å². The predicted molar refractivity (Wildman–Crippen MR) is 118 cm³/mol. The molecule has 2 bridgehead atoms. The van der Waals surface area contributed by atoms with Gasteiger partial charge in [0.1, 0.15) is 11.3 Å². The van der Waals surface area contributed by atoms with Gasteiger partial charge in [-0.3, -0.25) is 4.90 Å². The molecule has 1 aromatic carbocycles. The van der Waals surface area contributed by atoms with Crippen LogP contribution in [0.25, 0.3) is 10.9 Å². The molecule has 0 N–H and O–H groups in total. The lowest BCUT2D eigenvalue weighted by Crippen LogP contribution is -2.60. The van der Waals surface area contributed by atoms with Crippen molar-refractivity contribution in [3.63, 3.8) is 0 Å². The van der Waals surface area contributed by atoms with Crippen molar-refractivity contribution in [3.8, 4) is 0 Å². The van der Waals surface area contributed by atoms with E-state index in [0.29, 0.717) is 24.3 Å². The molecule has 0 amide bonds. The zero-order valence-electron chi connectivity index (χ0n) is 16.6. The van der Waals surface area contributed by atoms with Crippen molar-refractivity contribution in [2.24, 2.45) is 0 Å². The largest absolute Gasteiger partial charge is 0.352 e. The topological polar surface area (TPSA) is 45.2 Å². The number of halogens is 3. The van der Waals surface area contributed by atoms with E-state index in [0.717, 1.165) is 0 Å². The Labute approximate surface area is 184 Å². The van der Waals surface area contributed by atoms with Crippen LogP contribution in [0.1, 0.15) is 19.4 Å². The Morgan fingerprint density at radius 3 is 2.37 bits per heavy atom. The van der Waals surface area contributed by atoms with Crippen LogP contribution in [0.15, 0.2) is 48.7 Å². The van der Waals surface area contributed by atoms with Gasteiger partial charge in [-0.2, -0.15) is 4.98 Å². The van der Waals surface area contributed by atoms with Gasteiger partial charge in [0.15, 0.2) is 11.0 Å². The van der Waals surface area contributed by atoms with E-state index < -0.39 is 5.82 Å². The highest BCUT2D eigenvalue weighted by Crippen LogP contribution is 2.40. The summed E-state index contributed by atoms with van der Waals surface area (Å²) < 4.78 is 14.5. The molecule has 2 aliphatic rings. The van der Waals surface area contributed by atoms with E-state index >= 15 is 0 Å². The molecule has 5 rings (SSSR count). The molecule has 2 atom stereocenters. The fraction of sp³-hybridized carbons (Fsp3) is 0.318. The highest BCUT2D eigenvalue weighted by atomic mass is 35.5. The van der Waals surface area contributed by atoms with Crippen molar-refractivity contribution in [1.82, 2.24) is 19.9 Å². The molecule has 2 unspecified atom stereocenters. The first kappa shape index (κ1) is 19.7. The Kier molecular flexibility index (Phi) is 4.69. The van der Waals surface area contributed by atoms with Crippen molar-refractivity contribution >= 4 is 39.9 Å². The lowest BCUT2D eigenvalue weighted by molar-refractivity contribution is 0.0591. The summed E-state index contributed by atoms with van der Waals surface area (Å²) in [5.41, 5.74) is 1.23. The second-order valence-corrected chi connectivity index (χ2v) is 8.89. The van der Waals surface area contributed by atoms with Crippen LogP contribution in [0.4, 0.5) is 10.2 Å². The number of hydrogen-bond donors (Lipinski definition) is 0. The lowest BCUT2D eigenvalue weighted by Gasteiger charge is -2.50. The molecule has 1 saturated heterocycles. The molecule has 154 valence electrons. The SMILES string of the molecule is CC(C)(c1ccccc1)N1C2C=CC1CN(c1nc(Cl)nc3c(F)c(Cl)ncc13)C2. The molecule has 8 heteroatoms. The summed E-state index contributed by atoms with van der Waals surface area (Å²) in [6.07, 6.45) is 6.01. The van der Waals surface area contributed by atoms with E-state index in [2.05, 4.69) is 75.0 Å². The van der Waals surface area contributed by atoms with Crippen LogP contribution < -0.4 is 4.90 Å². The molecule has 4 heterocycles. The minimum absolute atomic E-state index is 0.00832. The number of nitrogens with zero attached hydrogens (tertiary/aromatic N) is 5. The number of benzene rings is 1. The molecular formula is C22H20Cl2FN5. The van der Waals surface area contributed by atoms with E-state index in [1.165, 1.54) is 11.8 Å². The van der Waals surface area contributed by atoms with Gasteiger partial charge in [-0.25, -0.2) is 14.4 Å². The van der Waals surface area contributed by atoms with Crippen LogP contribution in [0.2, 0.25) is 10.4 Å².